The van der Waals surface area contributed by atoms with Gasteiger partial charge in [-0.05, 0) is 41.8 Å². The summed E-state index contributed by atoms with van der Waals surface area (Å²) in [6.07, 6.45) is 0.614. The van der Waals surface area contributed by atoms with Crippen molar-refractivity contribution in [2.75, 3.05) is 20.8 Å². The molecule has 1 heterocycles. The first-order chi connectivity index (χ1) is 11.9. The maximum absolute atomic E-state index is 13.5. The number of carbonyl (C=O) groups excluding carboxylic acids is 1. The average Bonchev–Trinajstić information content (AvgIpc) is 2.62. The van der Waals surface area contributed by atoms with Crippen LogP contribution >= 0.6 is 11.6 Å². The van der Waals surface area contributed by atoms with E-state index in [9.17, 15) is 13.6 Å². The molecule has 3 rings (SSSR count). The van der Waals surface area contributed by atoms with Crippen molar-refractivity contribution >= 4 is 17.5 Å². The van der Waals surface area contributed by atoms with Crippen LogP contribution < -0.4 is 9.47 Å². The second-order valence-corrected chi connectivity index (χ2v) is 6.11. The lowest BCUT2D eigenvalue weighted by Crippen LogP contribution is -2.36. The Bertz CT molecular complexity index is 842. The summed E-state index contributed by atoms with van der Waals surface area (Å²) in [6, 6.07) is 5.36. The third-order valence-corrected chi connectivity index (χ3v) is 4.56. The molecule has 0 atom stereocenters. The highest BCUT2D eigenvalue weighted by molar-refractivity contribution is 6.33. The Morgan fingerprint density at radius 1 is 1.04 bits per heavy atom. The summed E-state index contributed by atoms with van der Waals surface area (Å²) in [5, 5.41) is -0.109. The molecule has 0 fully saturated rings. The fourth-order valence-electron chi connectivity index (χ4n) is 2.91. The van der Waals surface area contributed by atoms with Crippen molar-refractivity contribution in [1.82, 2.24) is 4.90 Å². The Kier molecular flexibility index (Phi) is 4.81. The van der Waals surface area contributed by atoms with Gasteiger partial charge in [0.1, 0.15) is 0 Å². The van der Waals surface area contributed by atoms with Crippen LogP contribution in [0.3, 0.4) is 0 Å². The van der Waals surface area contributed by atoms with E-state index in [1.807, 2.05) is 12.1 Å². The van der Waals surface area contributed by atoms with Crippen molar-refractivity contribution < 1.29 is 23.0 Å². The number of hydrogen-bond donors (Lipinski definition) is 0. The Morgan fingerprint density at radius 2 is 1.64 bits per heavy atom. The van der Waals surface area contributed by atoms with Gasteiger partial charge in [-0.25, -0.2) is 8.78 Å². The third kappa shape index (κ3) is 3.26. The van der Waals surface area contributed by atoms with Gasteiger partial charge in [-0.1, -0.05) is 11.6 Å². The molecule has 2 aromatic carbocycles. The van der Waals surface area contributed by atoms with Gasteiger partial charge < -0.3 is 14.4 Å². The van der Waals surface area contributed by atoms with Crippen LogP contribution in [-0.4, -0.2) is 31.6 Å². The summed E-state index contributed by atoms with van der Waals surface area (Å²) >= 11 is 5.91. The number of methoxy groups -OCH3 is 2. The SMILES string of the molecule is COc1cc2c(cc1OC)CN(C(=O)c1cc(F)c(F)cc1Cl)CC2. The van der Waals surface area contributed by atoms with Gasteiger partial charge in [-0.15, -0.1) is 0 Å². The van der Waals surface area contributed by atoms with Gasteiger partial charge in [0.2, 0.25) is 0 Å². The molecule has 0 bridgehead atoms. The molecule has 0 spiro atoms. The molecular weight excluding hydrogens is 352 g/mol. The van der Waals surface area contributed by atoms with Crippen LogP contribution in [0, 0.1) is 11.6 Å². The van der Waals surface area contributed by atoms with Crippen LogP contribution in [0.15, 0.2) is 24.3 Å². The molecule has 2 aromatic rings. The molecule has 0 radical (unpaired) electrons. The first kappa shape index (κ1) is 17.5. The first-order valence-corrected chi connectivity index (χ1v) is 8.00. The summed E-state index contributed by atoms with van der Waals surface area (Å²) in [5.74, 6) is -1.42. The van der Waals surface area contributed by atoms with E-state index < -0.39 is 17.5 Å². The topological polar surface area (TPSA) is 38.8 Å². The Labute approximate surface area is 148 Å². The molecule has 25 heavy (non-hydrogen) atoms. The summed E-state index contributed by atoms with van der Waals surface area (Å²) in [7, 11) is 3.10. The summed E-state index contributed by atoms with van der Waals surface area (Å²) in [6.45, 7) is 0.764. The van der Waals surface area contributed by atoms with E-state index in [4.69, 9.17) is 21.1 Å². The van der Waals surface area contributed by atoms with Crippen LogP contribution in [0.1, 0.15) is 21.5 Å². The van der Waals surface area contributed by atoms with Crippen molar-refractivity contribution in [2.45, 2.75) is 13.0 Å². The fraction of sp³-hybridized carbons (Fsp3) is 0.278. The largest absolute Gasteiger partial charge is 0.493 e. The third-order valence-electron chi connectivity index (χ3n) is 4.25. The van der Waals surface area contributed by atoms with Gasteiger partial charge in [-0.3, -0.25) is 4.79 Å². The molecule has 0 saturated heterocycles. The van der Waals surface area contributed by atoms with E-state index >= 15 is 0 Å². The molecule has 1 aliphatic heterocycles. The summed E-state index contributed by atoms with van der Waals surface area (Å²) in [4.78, 5) is 14.2. The standard InChI is InChI=1S/C18H16ClF2NO3/c1-24-16-5-10-3-4-22(9-11(10)6-17(16)25-2)18(23)12-7-14(20)15(21)8-13(12)19/h5-8H,3-4,9H2,1-2H3. The lowest BCUT2D eigenvalue weighted by Gasteiger charge is -2.30. The lowest BCUT2D eigenvalue weighted by molar-refractivity contribution is 0.0734. The van der Waals surface area contributed by atoms with Gasteiger partial charge in [0.05, 0.1) is 24.8 Å². The average molecular weight is 368 g/mol. The van der Waals surface area contributed by atoms with Gasteiger partial charge in [0.25, 0.3) is 5.91 Å². The smallest absolute Gasteiger partial charge is 0.255 e. The molecule has 1 amide bonds. The first-order valence-electron chi connectivity index (χ1n) is 7.62. The minimum absolute atomic E-state index is 0.0514. The number of rotatable bonds is 3. The van der Waals surface area contributed by atoms with Crippen molar-refractivity contribution in [2.24, 2.45) is 0 Å². The van der Waals surface area contributed by atoms with E-state index in [1.165, 1.54) is 7.11 Å². The Balaban J connectivity index is 1.90. The Morgan fingerprint density at radius 3 is 2.28 bits per heavy atom. The number of hydrogen-bond acceptors (Lipinski definition) is 3. The van der Waals surface area contributed by atoms with Crippen LogP contribution in [0.25, 0.3) is 0 Å². The summed E-state index contributed by atoms with van der Waals surface area (Å²) in [5.41, 5.74) is 1.92. The number of ether oxygens (including phenoxy) is 2. The van der Waals surface area contributed by atoms with E-state index in [2.05, 4.69) is 0 Å². The number of fused-ring (bicyclic) bond motifs is 1. The van der Waals surface area contributed by atoms with Crippen LogP contribution in [0.2, 0.25) is 5.02 Å². The Hall–Kier alpha value is -2.34. The number of nitrogens with zero attached hydrogens (tertiary/aromatic N) is 1. The predicted molar refractivity (Wildman–Crippen MR) is 89.4 cm³/mol. The number of halogens is 3. The number of amides is 1. The zero-order valence-corrected chi connectivity index (χ0v) is 14.5. The molecule has 1 aliphatic rings. The normalized spacial score (nSPS) is 13.4. The maximum Gasteiger partial charge on any atom is 0.255 e. The van der Waals surface area contributed by atoms with Crippen molar-refractivity contribution in [3.05, 3.63) is 57.6 Å². The molecule has 7 heteroatoms. The number of benzene rings is 2. The zero-order valence-electron chi connectivity index (χ0n) is 13.7. The quantitative estimate of drug-likeness (QED) is 0.774. The van der Waals surface area contributed by atoms with Crippen LogP contribution in [-0.2, 0) is 13.0 Å². The predicted octanol–water partition coefficient (Wildman–Crippen LogP) is 3.83. The maximum atomic E-state index is 13.5. The zero-order chi connectivity index (χ0) is 18.1. The summed E-state index contributed by atoms with van der Waals surface area (Å²) < 4.78 is 37.3. The van der Waals surface area contributed by atoms with E-state index in [-0.39, 0.29) is 10.6 Å². The molecule has 0 unspecified atom stereocenters. The fourth-order valence-corrected chi connectivity index (χ4v) is 3.14. The highest BCUT2D eigenvalue weighted by atomic mass is 35.5. The van der Waals surface area contributed by atoms with Crippen LogP contribution in [0.4, 0.5) is 8.78 Å². The van der Waals surface area contributed by atoms with E-state index in [1.54, 1.807) is 12.0 Å². The minimum atomic E-state index is -1.10. The second-order valence-electron chi connectivity index (χ2n) is 5.70. The van der Waals surface area contributed by atoms with E-state index in [0.29, 0.717) is 31.0 Å². The molecular formula is C18H16ClF2NO3. The molecule has 0 aromatic heterocycles. The highest BCUT2D eigenvalue weighted by Crippen LogP contribution is 2.34. The van der Waals surface area contributed by atoms with E-state index in [0.717, 1.165) is 23.3 Å². The monoisotopic (exact) mass is 367 g/mol. The molecule has 0 N–H and O–H groups in total. The molecule has 4 nitrogen and oxygen atoms in total. The van der Waals surface area contributed by atoms with Crippen LogP contribution in [0.5, 0.6) is 11.5 Å². The molecule has 0 aliphatic carbocycles. The second kappa shape index (κ2) is 6.88. The minimum Gasteiger partial charge on any atom is -0.493 e. The molecule has 132 valence electrons. The van der Waals surface area contributed by atoms with Gasteiger partial charge >= 0.3 is 0 Å². The molecule has 0 saturated carbocycles. The lowest BCUT2D eigenvalue weighted by atomic mass is 9.98. The number of carbonyl (C=O) groups is 1. The van der Waals surface area contributed by atoms with Gasteiger partial charge in [0.15, 0.2) is 23.1 Å². The highest BCUT2D eigenvalue weighted by Gasteiger charge is 2.26. The van der Waals surface area contributed by atoms with Crippen molar-refractivity contribution in [3.8, 4) is 11.5 Å². The van der Waals surface area contributed by atoms with Gasteiger partial charge in [0, 0.05) is 13.1 Å². The van der Waals surface area contributed by atoms with Crippen molar-refractivity contribution in [3.63, 3.8) is 0 Å². The van der Waals surface area contributed by atoms with Gasteiger partial charge in [-0.2, -0.15) is 0 Å². The van der Waals surface area contributed by atoms with Crippen molar-refractivity contribution in [1.29, 1.82) is 0 Å².